The Hall–Kier alpha value is -5.93. The molecule has 1 aliphatic heterocycles. The molecule has 2 aromatic heterocycles. The fourth-order valence-electron chi connectivity index (χ4n) is 3.82. The Bertz CT molecular complexity index is 1570. The van der Waals surface area contributed by atoms with Crippen molar-refractivity contribution in [1.29, 1.82) is 0 Å². The number of carbonyl (C=O) groups is 5. The molecule has 42 heavy (non-hydrogen) atoms. The minimum Gasteiger partial charge on any atom is -0.479 e. The maximum Gasteiger partial charge on any atom is 0.356 e. The number of hydrogen-bond donors (Lipinski definition) is 2. The lowest BCUT2D eigenvalue weighted by molar-refractivity contribution is -0.386. The Labute approximate surface area is 236 Å². The van der Waals surface area contributed by atoms with Crippen LogP contribution in [0.1, 0.15) is 48.1 Å². The number of carboxylic acids is 1. The lowest BCUT2D eigenvalue weighted by Gasteiger charge is -2.14. The van der Waals surface area contributed by atoms with E-state index in [1.165, 1.54) is 12.1 Å². The van der Waals surface area contributed by atoms with E-state index >= 15 is 0 Å². The number of fused-ring (bicyclic) bond motifs is 1. The molecule has 0 radical (unpaired) electrons. The SMILES string of the molecule is COC(=O)c1ccc(NC(=O)c2ccc([N+](=O)[O-])c(OCCCN3C(=O)c4ccccc4C3=O)n2)c(OCC(=O)O)n1. The van der Waals surface area contributed by atoms with Gasteiger partial charge in [0.15, 0.2) is 12.3 Å². The Morgan fingerprint density at radius 1 is 0.952 bits per heavy atom. The molecule has 16 heteroatoms. The molecule has 216 valence electrons. The van der Waals surface area contributed by atoms with E-state index in [1.807, 2.05) is 0 Å². The molecule has 0 bridgehead atoms. The van der Waals surface area contributed by atoms with Gasteiger partial charge in [-0.2, -0.15) is 0 Å². The third-order valence-electron chi connectivity index (χ3n) is 5.75. The second kappa shape index (κ2) is 12.5. The molecule has 0 unspecified atom stereocenters. The highest BCUT2D eigenvalue weighted by molar-refractivity contribution is 6.21. The number of nitro groups is 1. The number of nitrogens with zero attached hydrogens (tertiary/aromatic N) is 4. The molecule has 0 atom stereocenters. The van der Waals surface area contributed by atoms with Gasteiger partial charge in [0.25, 0.3) is 23.6 Å². The molecule has 0 fully saturated rings. The summed E-state index contributed by atoms with van der Waals surface area (Å²) in [7, 11) is 1.11. The summed E-state index contributed by atoms with van der Waals surface area (Å²) in [5.41, 5.74) is -0.644. The predicted molar refractivity (Wildman–Crippen MR) is 139 cm³/mol. The molecular weight excluding hydrogens is 558 g/mol. The van der Waals surface area contributed by atoms with Crippen molar-refractivity contribution in [3.05, 3.63) is 81.2 Å². The zero-order chi connectivity index (χ0) is 30.4. The van der Waals surface area contributed by atoms with E-state index in [1.54, 1.807) is 24.3 Å². The van der Waals surface area contributed by atoms with Crippen LogP contribution < -0.4 is 14.8 Å². The first-order chi connectivity index (χ1) is 20.1. The number of rotatable bonds is 12. The number of carbonyl (C=O) groups excluding carboxylic acids is 4. The molecule has 4 rings (SSSR count). The van der Waals surface area contributed by atoms with Crippen LogP contribution in [-0.2, 0) is 9.53 Å². The van der Waals surface area contributed by atoms with E-state index in [4.69, 9.17) is 14.6 Å². The Balaban J connectivity index is 1.46. The van der Waals surface area contributed by atoms with E-state index in [9.17, 15) is 34.1 Å². The summed E-state index contributed by atoms with van der Waals surface area (Å²) in [6.07, 6.45) is 0.114. The van der Waals surface area contributed by atoms with Gasteiger partial charge in [0.1, 0.15) is 11.4 Å². The number of benzene rings is 1. The molecular formula is C26H21N5O11. The highest BCUT2D eigenvalue weighted by atomic mass is 16.6. The molecule has 16 nitrogen and oxygen atoms in total. The van der Waals surface area contributed by atoms with Gasteiger partial charge in [-0.15, -0.1) is 0 Å². The van der Waals surface area contributed by atoms with Crippen molar-refractivity contribution in [2.75, 3.05) is 32.2 Å². The maximum absolute atomic E-state index is 12.9. The van der Waals surface area contributed by atoms with Crippen molar-refractivity contribution in [3.8, 4) is 11.8 Å². The molecule has 3 heterocycles. The van der Waals surface area contributed by atoms with Crippen molar-refractivity contribution < 1.29 is 48.2 Å². The first-order valence-corrected chi connectivity index (χ1v) is 12.1. The summed E-state index contributed by atoms with van der Waals surface area (Å²) in [4.78, 5) is 80.3. The number of aromatic nitrogens is 2. The Morgan fingerprint density at radius 3 is 2.21 bits per heavy atom. The number of hydrogen-bond acceptors (Lipinski definition) is 12. The highest BCUT2D eigenvalue weighted by Crippen LogP contribution is 2.27. The van der Waals surface area contributed by atoms with Crippen LogP contribution in [-0.4, -0.2) is 81.4 Å². The molecule has 0 aliphatic carbocycles. The topological polar surface area (TPSA) is 217 Å². The van der Waals surface area contributed by atoms with Gasteiger partial charge < -0.3 is 24.6 Å². The molecule has 3 amide bonds. The molecule has 1 aliphatic rings. The smallest absolute Gasteiger partial charge is 0.356 e. The van der Waals surface area contributed by atoms with Gasteiger partial charge in [0.2, 0.25) is 5.88 Å². The van der Waals surface area contributed by atoms with Crippen LogP contribution in [0.2, 0.25) is 0 Å². The van der Waals surface area contributed by atoms with Crippen molar-refractivity contribution in [2.45, 2.75) is 6.42 Å². The van der Waals surface area contributed by atoms with Crippen LogP contribution in [0.25, 0.3) is 0 Å². The lowest BCUT2D eigenvalue weighted by atomic mass is 10.1. The lowest BCUT2D eigenvalue weighted by Crippen LogP contribution is -2.31. The zero-order valence-electron chi connectivity index (χ0n) is 21.8. The standard InChI is InChI=1S/C26H21N5O11/c1-40-26(37)18-8-7-17(22(29-18)42-13-20(32)33)27-21(34)16-9-10-19(31(38)39)23(28-16)41-12-4-11-30-24(35)14-5-2-3-6-15(14)25(30)36/h2-3,5-10H,4,11-13H2,1H3,(H,27,34)(H,32,33). The van der Waals surface area contributed by atoms with E-state index in [0.29, 0.717) is 0 Å². The zero-order valence-corrected chi connectivity index (χ0v) is 21.8. The van der Waals surface area contributed by atoms with Crippen LogP contribution in [0, 0.1) is 10.1 Å². The monoisotopic (exact) mass is 579 g/mol. The second-order valence-corrected chi connectivity index (χ2v) is 8.46. The van der Waals surface area contributed by atoms with E-state index in [0.717, 1.165) is 24.1 Å². The van der Waals surface area contributed by atoms with Crippen LogP contribution in [0.3, 0.4) is 0 Å². The first kappa shape index (κ1) is 29.1. The number of aliphatic carboxylic acids is 1. The third-order valence-corrected chi connectivity index (χ3v) is 5.75. The number of carboxylic acid groups (broad SMARTS) is 1. The summed E-state index contributed by atoms with van der Waals surface area (Å²) in [5.74, 6) is -4.89. The van der Waals surface area contributed by atoms with Gasteiger partial charge in [0, 0.05) is 12.6 Å². The fourth-order valence-corrected chi connectivity index (χ4v) is 3.82. The molecule has 0 spiro atoms. The van der Waals surface area contributed by atoms with Crippen molar-refractivity contribution in [1.82, 2.24) is 14.9 Å². The minimum atomic E-state index is -1.35. The Morgan fingerprint density at radius 2 is 1.60 bits per heavy atom. The quantitative estimate of drug-likeness (QED) is 0.103. The van der Waals surface area contributed by atoms with Crippen molar-refractivity contribution in [2.24, 2.45) is 0 Å². The van der Waals surface area contributed by atoms with Crippen molar-refractivity contribution >= 4 is 41.0 Å². The van der Waals surface area contributed by atoms with Crippen LogP contribution in [0.4, 0.5) is 11.4 Å². The van der Waals surface area contributed by atoms with Gasteiger partial charge in [-0.05, 0) is 36.8 Å². The number of imide groups is 1. The number of nitrogens with one attached hydrogen (secondary N) is 1. The number of pyridine rings is 2. The molecule has 3 aromatic rings. The average molecular weight is 579 g/mol. The number of esters is 1. The summed E-state index contributed by atoms with van der Waals surface area (Å²) in [6.45, 7) is -1.04. The number of amides is 3. The summed E-state index contributed by atoms with van der Waals surface area (Å²) < 4.78 is 15.1. The number of anilines is 1. The maximum atomic E-state index is 12.9. The molecule has 1 aromatic carbocycles. The van der Waals surface area contributed by atoms with E-state index in [-0.39, 0.29) is 47.8 Å². The van der Waals surface area contributed by atoms with E-state index in [2.05, 4.69) is 20.0 Å². The van der Waals surface area contributed by atoms with Gasteiger partial charge in [-0.1, -0.05) is 12.1 Å². The summed E-state index contributed by atoms with van der Waals surface area (Å²) >= 11 is 0. The molecule has 0 saturated carbocycles. The fraction of sp³-hybridized carbons (Fsp3) is 0.192. The van der Waals surface area contributed by atoms with Crippen LogP contribution in [0.5, 0.6) is 11.8 Å². The predicted octanol–water partition coefficient (Wildman–Crippen LogP) is 1.95. The summed E-state index contributed by atoms with van der Waals surface area (Å²) in [5, 5.41) is 22.8. The molecule has 2 N–H and O–H groups in total. The van der Waals surface area contributed by atoms with Gasteiger partial charge in [-0.3, -0.25) is 29.4 Å². The van der Waals surface area contributed by atoms with Crippen LogP contribution >= 0.6 is 0 Å². The largest absolute Gasteiger partial charge is 0.479 e. The minimum absolute atomic E-state index is 0.0198. The first-order valence-electron chi connectivity index (χ1n) is 12.1. The summed E-state index contributed by atoms with van der Waals surface area (Å²) in [6, 6.07) is 10.8. The van der Waals surface area contributed by atoms with Gasteiger partial charge in [0.05, 0.1) is 29.8 Å². The average Bonchev–Trinajstić information content (AvgIpc) is 3.22. The number of ether oxygens (including phenoxy) is 3. The Kier molecular flexibility index (Phi) is 8.65. The second-order valence-electron chi connectivity index (χ2n) is 8.46. The third kappa shape index (κ3) is 6.27. The highest BCUT2D eigenvalue weighted by Gasteiger charge is 2.34. The van der Waals surface area contributed by atoms with Gasteiger partial charge in [-0.25, -0.2) is 19.6 Å². The van der Waals surface area contributed by atoms with E-state index < -0.39 is 58.6 Å². The molecule has 0 saturated heterocycles. The van der Waals surface area contributed by atoms with Gasteiger partial charge >= 0.3 is 17.6 Å². The normalized spacial score (nSPS) is 12.0. The van der Waals surface area contributed by atoms with Crippen LogP contribution in [0.15, 0.2) is 48.5 Å². The number of methoxy groups -OCH3 is 1. The van der Waals surface area contributed by atoms with Crippen molar-refractivity contribution in [3.63, 3.8) is 0 Å².